The summed E-state index contributed by atoms with van der Waals surface area (Å²) in [4.78, 5) is 11.3. The molecule has 0 saturated carbocycles. The van der Waals surface area contributed by atoms with E-state index in [1.807, 2.05) is 0 Å². The van der Waals surface area contributed by atoms with Crippen molar-refractivity contribution in [3.05, 3.63) is 12.2 Å². The lowest BCUT2D eigenvalue weighted by atomic mass is 9.89. The van der Waals surface area contributed by atoms with Crippen LogP contribution >= 0.6 is 0 Å². The number of ether oxygens (including phenoxy) is 1. The minimum Gasteiger partial charge on any atom is -0.459 e. The number of rotatable bonds is 5. The van der Waals surface area contributed by atoms with Crippen LogP contribution in [0.1, 0.15) is 27.2 Å². The summed E-state index contributed by atoms with van der Waals surface area (Å²) in [6, 6.07) is 0. The average molecular weight is 322 g/mol. The molecule has 1 atom stereocenters. The van der Waals surface area contributed by atoms with Gasteiger partial charge in [0.1, 0.15) is 6.10 Å². The number of halogens is 6. The van der Waals surface area contributed by atoms with E-state index in [1.165, 1.54) is 20.8 Å². The Morgan fingerprint density at radius 1 is 1.14 bits per heavy atom. The van der Waals surface area contributed by atoms with Gasteiger partial charge in [0.25, 0.3) is 5.60 Å². The molecule has 0 bridgehead atoms. The van der Waals surface area contributed by atoms with Crippen molar-refractivity contribution in [2.45, 2.75) is 51.2 Å². The lowest BCUT2D eigenvalue weighted by molar-refractivity contribution is -0.374. The highest BCUT2D eigenvalue weighted by Gasteiger charge is 2.71. The smallest absolute Gasteiger partial charge is 0.426 e. The maximum absolute atomic E-state index is 12.6. The summed E-state index contributed by atoms with van der Waals surface area (Å²) in [5, 5.41) is 9.09. The van der Waals surface area contributed by atoms with Crippen LogP contribution in [0.4, 0.5) is 26.3 Å². The van der Waals surface area contributed by atoms with Gasteiger partial charge in [-0.25, -0.2) is 4.79 Å². The SMILES string of the molecule is C=C(C)C(=O)OC(CC(O)(C(F)(F)F)C(F)(F)F)C(C)C. The minimum absolute atomic E-state index is 0.178. The normalized spacial score (nSPS) is 15.0. The second-order valence-corrected chi connectivity index (χ2v) is 5.03. The van der Waals surface area contributed by atoms with Gasteiger partial charge in [-0.05, 0) is 12.8 Å². The number of alkyl halides is 6. The summed E-state index contributed by atoms with van der Waals surface area (Å²) in [7, 11) is 0. The van der Waals surface area contributed by atoms with E-state index >= 15 is 0 Å². The molecule has 1 N–H and O–H groups in total. The van der Waals surface area contributed by atoms with E-state index in [0.29, 0.717) is 0 Å². The van der Waals surface area contributed by atoms with Crippen LogP contribution in [0.15, 0.2) is 12.2 Å². The summed E-state index contributed by atoms with van der Waals surface area (Å²) < 4.78 is 80.1. The Bertz CT molecular complexity index is 383. The van der Waals surface area contributed by atoms with Crippen LogP contribution in [-0.2, 0) is 9.53 Å². The van der Waals surface area contributed by atoms with E-state index in [4.69, 9.17) is 5.11 Å². The number of aliphatic hydroxyl groups is 1. The van der Waals surface area contributed by atoms with E-state index in [9.17, 15) is 31.1 Å². The van der Waals surface area contributed by atoms with E-state index in [2.05, 4.69) is 11.3 Å². The molecule has 9 heteroatoms. The highest BCUT2D eigenvalue weighted by Crippen LogP contribution is 2.46. The standard InChI is InChI=1S/C12H16F6O3/c1-6(2)8(21-9(19)7(3)4)5-10(20,11(13,14)15)12(16,17)18/h6,8,20H,3,5H2,1-2,4H3. The second-order valence-electron chi connectivity index (χ2n) is 5.03. The Morgan fingerprint density at radius 2 is 1.52 bits per heavy atom. The van der Waals surface area contributed by atoms with Crippen LogP contribution in [0.2, 0.25) is 0 Å². The van der Waals surface area contributed by atoms with Crippen LogP contribution in [0.5, 0.6) is 0 Å². The van der Waals surface area contributed by atoms with Gasteiger partial charge in [0.15, 0.2) is 0 Å². The zero-order valence-electron chi connectivity index (χ0n) is 11.6. The van der Waals surface area contributed by atoms with Gasteiger partial charge in [0.05, 0.1) is 0 Å². The number of carbonyl (C=O) groups is 1. The number of carbonyl (C=O) groups excluding carboxylic acids is 1. The third kappa shape index (κ3) is 4.62. The molecule has 0 aliphatic heterocycles. The second kappa shape index (κ2) is 6.25. The van der Waals surface area contributed by atoms with Crippen molar-refractivity contribution in [2.75, 3.05) is 0 Å². The molecule has 0 aromatic carbocycles. The van der Waals surface area contributed by atoms with Crippen molar-refractivity contribution in [2.24, 2.45) is 5.92 Å². The monoisotopic (exact) mass is 322 g/mol. The van der Waals surface area contributed by atoms with Crippen molar-refractivity contribution >= 4 is 5.97 Å². The van der Waals surface area contributed by atoms with E-state index in [1.54, 1.807) is 0 Å². The van der Waals surface area contributed by atoms with Gasteiger partial charge in [-0.1, -0.05) is 20.4 Å². The van der Waals surface area contributed by atoms with Crippen molar-refractivity contribution in [3.8, 4) is 0 Å². The Labute approximate surface area is 117 Å². The lowest BCUT2D eigenvalue weighted by Crippen LogP contribution is -2.59. The third-order valence-electron chi connectivity index (χ3n) is 2.78. The van der Waals surface area contributed by atoms with E-state index < -0.39 is 42.4 Å². The molecular formula is C12H16F6O3. The van der Waals surface area contributed by atoms with Gasteiger partial charge in [-0.2, -0.15) is 26.3 Å². The Balaban J connectivity index is 5.47. The molecular weight excluding hydrogens is 306 g/mol. The summed E-state index contributed by atoms with van der Waals surface area (Å²) in [5.41, 5.74) is -5.13. The van der Waals surface area contributed by atoms with E-state index in [0.717, 1.165) is 0 Å². The summed E-state index contributed by atoms with van der Waals surface area (Å²) in [6.07, 6.45) is -15.5. The molecule has 21 heavy (non-hydrogen) atoms. The predicted molar refractivity (Wildman–Crippen MR) is 61.2 cm³/mol. The van der Waals surface area contributed by atoms with Crippen molar-refractivity contribution < 1.29 is 41.0 Å². The molecule has 0 aliphatic rings. The molecule has 124 valence electrons. The summed E-state index contributed by atoms with van der Waals surface area (Å²) >= 11 is 0. The van der Waals surface area contributed by atoms with Gasteiger partial charge in [0, 0.05) is 12.0 Å². The first kappa shape index (κ1) is 19.8. The Kier molecular flexibility index (Phi) is 5.88. The fraction of sp³-hybridized carbons (Fsp3) is 0.750. The van der Waals surface area contributed by atoms with E-state index in [-0.39, 0.29) is 5.57 Å². The molecule has 0 aliphatic carbocycles. The van der Waals surface area contributed by atoms with Gasteiger partial charge in [-0.15, -0.1) is 0 Å². The molecule has 0 fully saturated rings. The highest BCUT2D eigenvalue weighted by molar-refractivity contribution is 5.87. The van der Waals surface area contributed by atoms with Crippen LogP contribution in [0, 0.1) is 5.92 Å². The molecule has 0 aromatic heterocycles. The number of hydrogen-bond acceptors (Lipinski definition) is 3. The first-order chi connectivity index (χ1) is 9.13. The van der Waals surface area contributed by atoms with Crippen LogP contribution in [0.3, 0.4) is 0 Å². The number of esters is 1. The predicted octanol–water partition coefficient (Wildman–Crippen LogP) is 3.38. The fourth-order valence-corrected chi connectivity index (χ4v) is 1.33. The van der Waals surface area contributed by atoms with Crippen molar-refractivity contribution in [1.82, 2.24) is 0 Å². The quantitative estimate of drug-likeness (QED) is 0.479. The Morgan fingerprint density at radius 3 is 1.76 bits per heavy atom. The van der Waals surface area contributed by atoms with Crippen LogP contribution < -0.4 is 0 Å². The van der Waals surface area contributed by atoms with Crippen molar-refractivity contribution in [1.29, 1.82) is 0 Å². The topological polar surface area (TPSA) is 46.5 Å². The first-order valence-electron chi connectivity index (χ1n) is 5.85. The summed E-state index contributed by atoms with van der Waals surface area (Å²) in [6.45, 7) is 6.91. The zero-order valence-corrected chi connectivity index (χ0v) is 11.6. The van der Waals surface area contributed by atoms with Crippen LogP contribution in [0.25, 0.3) is 0 Å². The maximum Gasteiger partial charge on any atom is 0.426 e. The van der Waals surface area contributed by atoms with Crippen molar-refractivity contribution in [3.63, 3.8) is 0 Å². The molecule has 0 heterocycles. The maximum atomic E-state index is 12.6. The largest absolute Gasteiger partial charge is 0.459 e. The van der Waals surface area contributed by atoms with Gasteiger partial charge in [-0.3, -0.25) is 0 Å². The van der Waals surface area contributed by atoms with Gasteiger partial charge >= 0.3 is 18.3 Å². The molecule has 0 spiro atoms. The molecule has 0 amide bonds. The van der Waals surface area contributed by atoms with Gasteiger partial charge < -0.3 is 9.84 Å². The van der Waals surface area contributed by atoms with Crippen LogP contribution in [-0.4, -0.2) is 35.1 Å². The average Bonchev–Trinajstić information content (AvgIpc) is 2.24. The Hall–Kier alpha value is -1.25. The molecule has 0 rings (SSSR count). The zero-order chi connectivity index (χ0) is 17.2. The highest BCUT2D eigenvalue weighted by atomic mass is 19.4. The molecule has 0 radical (unpaired) electrons. The lowest BCUT2D eigenvalue weighted by Gasteiger charge is -2.35. The number of hydrogen-bond donors (Lipinski definition) is 1. The fourth-order valence-electron chi connectivity index (χ4n) is 1.33. The molecule has 1 unspecified atom stereocenters. The van der Waals surface area contributed by atoms with Gasteiger partial charge in [0.2, 0.25) is 0 Å². The molecule has 0 aromatic rings. The first-order valence-corrected chi connectivity index (χ1v) is 5.85. The molecule has 3 nitrogen and oxygen atoms in total. The minimum atomic E-state index is -5.95. The molecule has 0 saturated heterocycles. The summed E-state index contributed by atoms with van der Waals surface area (Å²) in [5.74, 6) is -2.00. The third-order valence-corrected chi connectivity index (χ3v) is 2.78.